The molecular weight excluding hydrogens is 204 g/mol. The third kappa shape index (κ3) is 1.81. The Bertz CT molecular complexity index is 441. The molecule has 0 bridgehead atoms. The van der Waals surface area contributed by atoms with Crippen LogP contribution in [0.5, 0.6) is 5.75 Å². The summed E-state index contributed by atoms with van der Waals surface area (Å²) in [4.78, 5) is 11.6. The molecule has 0 radical (unpaired) electrons. The molecule has 0 aliphatic carbocycles. The third-order valence-electron chi connectivity index (χ3n) is 2.60. The molecule has 1 aliphatic heterocycles. The Morgan fingerprint density at radius 3 is 2.25 bits per heavy atom. The summed E-state index contributed by atoms with van der Waals surface area (Å²) < 4.78 is 10.7. The zero-order valence-electron chi connectivity index (χ0n) is 9.61. The summed E-state index contributed by atoms with van der Waals surface area (Å²) in [5.41, 5.74) is 0.148. The molecule has 0 amide bonds. The maximum atomic E-state index is 11.6. The zero-order valence-corrected chi connectivity index (χ0v) is 9.61. The van der Waals surface area contributed by atoms with Crippen molar-refractivity contribution in [2.45, 2.75) is 19.4 Å². The van der Waals surface area contributed by atoms with Gasteiger partial charge in [-0.3, -0.25) is 4.79 Å². The molecule has 1 heterocycles. The number of hydrogen-bond acceptors (Lipinski definition) is 3. The van der Waals surface area contributed by atoms with Crippen LogP contribution in [0.25, 0.3) is 5.76 Å². The smallest absolute Gasteiger partial charge is 0.202 e. The SMILES string of the molecule is COc1ccc(C2=CC(=O)C(C)(C)O2)cc1. The fraction of sp³-hybridized carbons (Fsp3) is 0.308. The molecule has 1 aromatic carbocycles. The molecule has 1 aliphatic rings. The summed E-state index contributed by atoms with van der Waals surface area (Å²) in [5.74, 6) is 1.41. The lowest BCUT2D eigenvalue weighted by atomic mass is 10.1. The van der Waals surface area contributed by atoms with E-state index in [9.17, 15) is 4.79 Å². The van der Waals surface area contributed by atoms with Crippen molar-refractivity contribution in [2.24, 2.45) is 0 Å². The Morgan fingerprint density at radius 1 is 1.19 bits per heavy atom. The van der Waals surface area contributed by atoms with Gasteiger partial charge in [-0.1, -0.05) is 0 Å². The van der Waals surface area contributed by atoms with Crippen molar-refractivity contribution in [2.75, 3.05) is 7.11 Å². The van der Waals surface area contributed by atoms with Gasteiger partial charge in [-0.15, -0.1) is 0 Å². The standard InChI is InChI=1S/C13H14O3/c1-13(2)12(14)8-11(16-13)9-4-6-10(15-3)7-5-9/h4-8H,1-3H3. The molecule has 3 nitrogen and oxygen atoms in total. The van der Waals surface area contributed by atoms with Crippen LogP contribution in [0.1, 0.15) is 19.4 Å². The molecule has 0 saturated carbocycles. The zero-order chi connectivity index (χ0) is 11.8. The van der Waals surface area contributed by atoms with Crippen molar-refractivity contribution >= 4 is 11.5 Å². The first kappa shape index (κ1) is 10.7. The Labute approximate surface area is 94.7 Å². The van der Waals surface area contributed by atoms with E-state index < -0.39 is 5.60 Å². The molecule has 84 valence electrons. The second kappa shape index (κ2) is 3.67. The lowest BCUT2D eigenvalue weighted by molar-refractivity contribution is -0.125. The summed E-state index contributed by atoms with van der Waals surface area (Å²) >= 11 is 0. The van der Waals surface area contributed by atoms with E-state index >= 15 is 0 Å². The quantitative estimate of drug-likeness (QED) is 0.764. The number of carbonyl (C=O) groups is 1. The molecule has 0 unspecified atom stereocenters. The van der Waals surface area contributed by atoms with Gasteiger partial charge in [0.1, 0.15) is 11.5 Å². The highest BCUT2D eigenvalue weighted by atomic mass is 16.5. The Kier molecular flexibility index (Phi) is 2.46. The Hall–Kier alpha value is -1.77. The highest BCUT2D eigenvalue weighted by molar-refractivity contribution is 6.04. The van der Waals surface area contributed by atoms with Crippen molar-refractivity contribution in [3.05, 3.63) is 35.9 Å². The van der Waals surface area contributed by atoms with Gasteiger partial charge in [0, 0.05) is 11.6 Å². The van der Waals surface area contributed by atoms with Crippen LogP contribution in [0.15, 0.2) is 30.3 Å². The summed E-state index contributed by atoms with van der Waals surface area (Å²) in [6.07, 6.45) is 1.54. The van der Waals surface area contributed by atoms with Gasteiger partial charge in [0.25, 0.3) is 0 Å². The number of hydrogen-bond donors (Lipinski definition) is 0. The van der Waals surface area contributed by atoms with Crippen molar-refractivity contribution in [3.63, 3.8) is 0 Å². The molecule has 1 aromatic rings. The average molecular weight is 218 g/mol. The predicted octanol–water partition coefficient (Wildman–Crippen LogP) is 2.41. The molecule has 3 heteroatoms. The number of methoxy groups -OCH3 is 1. The highest BCUT2D eigenvalue weighted by Crippen LogP contribution is 2.31. The van der Waals surface area contributed by atoms with Crippen LogP contribution in [-0.4, -0.2) is 18.5 Å². The number of ketones is 1. The van der Waals surface area contributed by atoms with Crippen LogP contribution in [0.2, 0.25) is 0 Å². The number of ether oxygens (including phenoxy) is 2. The van der Waals surface area contributed by atoms with E-state index in [1.54, 1.807) is 27.0 Å². The van der Waals surface area contributed by atoms with Gasteiger partial charge in [-0.2, -0.15) is 0 Å². The van der Waals surface area contributed by atoms with Crippen LogP contribution in [0, 0.1) is 0 Å². The van der Waals surface area contributed by atoms with Gasteiger partial charge >= 0.3 is 0 Å². The summed E-state index contributed by atoms with van der Waals surface area (Å²) in [6.45, 7) is 3.53. The van der Waals surface area contributed by atoms with Crippen LogP contribution >= 0.6 is 0 Å². The van der Waals surface area contributed by atoms with Gasteiger partial charge in [0.05, 0.1) is 7.11 Å². The van der Waals surface area contributed by atoms with Crippen LogP contribution in [0.4, 0.5) is 0 Å². The first-order valence-electron chi connectivity index (χ1n) is 5.12. The largest absolute Gasteiger partial charge is 0.497 e. The molecule has 0 N–H and O–H groups in total. The lowest BCUT2D eigenvalue weighted by Gasteiger charge is -2.18. The van der Waals surface area contributed by atoms with Crippen LogP contribution < -0.4 is 4.74 Å². The van der Waals surface area contributed by atoms with Crippen molar-refractivity contribution in [3.8, 4) is 5.75 Å². The molecule has 2 rings (SSSR count). The number of rotatable bonds is 2. The minimum atomic E-state index is -0.741. The predicted molar refractivity (Wildman–Crippen MR) is 61.1 cm³/mol. The highest BCUT2D eigenvalue weighted by Gasteiger charge is 2.35. The lowest BCUT2D eigenvalue weighted by Crippen LogP contribution is -2.27. The molecule has 0 atom stereocenters. The second-order valence-electron chi connectivity index (χ2n) is 4.21. The normalized spacial score (nSPS) is 17.9. The van der Waals surface area contributed by atoms with E-state index in [1.807, 2.05) is 24.3 Å². The molecular formula is C13H14O3. The Morgan fingerprint density at radius 2 is 1.81 bits per heavy atom. The molecule has 0 spiro atoms. The number of carbonyl (C=O) groups excluding carboxylic acids is 1. The molecule has 16 heavy (non-hydrogen) atoms. The van der Waals surface area contributed by atoms with Gasteiger partial charge in [0.15, 0.2) is 5.60 Å². The summed E-state index contributed by atoms with van der Waals surface area (Å²) in [5, 5.41) is 0. The second-order valence-corrected chi connectivity index (χ2v) is 4.21. The minimum absolute atomic E-state index is 0.00156. The fourth-order valence-electron chi connectivity index (χ4n) is 1.55. The topological polar surface area (TPSA) is 35.5 Å². The van der Waals surface area contributed by atoms with E-state index in [-0.39, 0.29) is 5.78 Å². The van der Waals surface area contributed by atoms with Crippen molar-refractivity contribution < 1.29 is 14.3 Å². The summed E-state index contributed by atoms with van der Waals surface area (Å²) in [6, 6.07) is 7.43. The maximum Gasteiger partial charge on any atom is 0.202 e. The van der Waals surface area contributed by atoms with Gasteiger partial charge in [-0.05, 0) is 38.1 Å². The van der Waals surface area contributed by atoms with Crippen LogP contribution in [-0.2, 0) is 9.53 Å². The minimum Gasteiger partial charge on any atom is -0.497 e. The molecule has 0 saturated heterocycles. The summed E-state index contributed by atoms with van der Waals surface area (Å²) in [7, 11) is 1.62. The van der Waals surface area contributed by atoms with Gasteiger partial charge < -0.3 is 9.47 Å². The molecule has 0 fully saturated rings. The van der Waals surface area contributed by atoms with E-state index in [0.717, 1.165) is 11.3 Å². The number of benzene rings is 1. The van der Waals surface area contributed by atoms with Gasteiger partial charge in [-0.25, -0.2) is 0 Å². The van der Waals surface area contributed by atoms with E-state index in [0.29, 0.717) is 5.76 Å². The van der Waals surface area contributed by atoms with Crippen molar-refractivity contribution in [1.29, 1.82) is 0 Å². The molecule has 0 aromatic heterocycles. The van der Waals surface area contributed by atoms with Gasteiger partial charge in [0.2, 0.25) is 5.78 Å². The first-order chi connectivity index (χ1) is 7.53. The fourth-order valence-corrected chi connectivity index (χ4v) is 1.55. The maximum absolute atomic E-state index is 11.6. The van der Waals surface area contributed by atoms with Crippen molar-refractivity contribution in [1.82, 2.24) is 0 Å². The van der Waals surface area contributed by atoms with E-state index in [1.165, 1.54) is 0 Å². The van der Waals surface area contributed by atoms with Crippen LogP contribution in [0.3, 0.4) is 0 Å². The average Bonchev–Trinajstić information content (AvgIpc) is 2.54. The first-order valence-corrected chi connectivity index (χ1v) is 5.12. The van der Waals surface area contributed by atoms with E-state index in [4.69, 9.17) is 9.47 Å². The third-order valence-corrected chi connectivity index (χ3v) is 2.60. The Balaban J connectivity index is 2.26. The monoisotopic (exact) mass is 218 g/mol. The van der Waals surface area contributed by atoms with E-state index in [2.05, 4.69) is 0 Å².